The fraction of sp³-hybridized carbons (Fsp3) is 0.0714. The number of fused-ring (bicyclic) bond motifs is 1. The predicted octanol–water partition coefficient (Wildman–Crippen LogP) is 4.93. The molecule has 0 saturated heterocycles. The van der Waals surface area contributed by atoms with Crippen LogP contribution in [0.2, 0.25) is 5.02 Å². The summed E-state index contributed by atoms with van der Waals surface area (Å²) in [4.78, 5) is 2.02. The average Bonchev–Trinajstić information content (AvgIpc) is 2.39. The van der Waals surface area contributed by atoms with Crippen molar-refractivity contribution < 1.29 is 0 Å². The van der Waals surface area contributed by atoms with E-state index in [0.717, 1.165) is 15.7 Å². The quantitative estimate of drug-likeness (QED) is 0.749. The Bertz CT molecular complexity index is 598. The minimum Gasteiger partial charge on any atom is -0.348 e. The van der Waals surface area contributed by atoms with Crippen LogP contribution in [0, 0.1) is 0 Å². The number of hydrogen-bond acceptors (Lipinski definition) is 2. The van der Waals surface area contributed by atoms with Gasteiger partial charge in [0.15, 0.2) is 0 Å². The molecule has 0 aliphatic carbocycles. The number of thioether (sulfide) groups is 1. The molecule has 1 atom stereocenters. The maximum absolute atomic E-state index is 5.99. The first-order valence-corrected chi connectivity index (χ1v) is 7.22. The van der Waals surface area contributed by atoms with Gasteiger partial charge in [-0.2, -0.15) is 0 Å². The number of benzene rings is 2. The van der Waals surface area contributed by atoms with E-state index in [4.69, 9.17) is 23.8 Å². The summed E-state index contributed by atoms with van der Waals surface area (Å²) in [5.41, 5.74) is 2.23. The summed E-state index contributed by atoms with van der Waals surface area (Å²) in [6, 6.07) is 16.2. The summed E-state index contributed by atoms with van der Waals surface area (Å²) in [7, 11) is 0. The number of nitrogens with one attached hydrogen (secondary N) is 1. The Morgan fingerprint density at radius 3 is 2.67 bits per heavy atom. The second-order valence-corrected chi connectivity index (χ2v) is 6.06. The van der Waals surface area contributed by atoms with Crippen molar-refractivity contribution in [2.45, 2.75) is 10.1 Å². The van der Waals surface area contributed by atoms with E-state index in [2.05, 4.69) is 17.4 Å². The van der Waals surface area contributed by atoms with E-state index < -0.39 is 0 Å². The van der Waals surface area contributed by atoms with E-state index in [1.807, 2.05) is 36.4 Å². The molecule has 1 unspecified atom stereocenters. The Labute approximate surface area is 121 Å². The van der Waals surface area contributed by atoms with E-state index >= 15 is 0 Å². The monoisotopic (exact) mass is 291 g/mol. The van der Waals surface area contributed by atoms with Crippen LogP contribution in [-0.2, 0) is 0 Å². The first-order valence-electron chi connectivity index (χ1n) is 5.56. The Hall–Kier alpha value is -1.03. The molecule has 1 heterocycles. The lowest BCUT2D eigenvalue weighted by molar-refractivity contribution is 1.26. The van der Waals surface area contributed by atoms with Gasteiger partial charge in [0.25, 0.3) is 0 Å². The van der Waals surface area contributed by atoms with Crippen LogP contribution in [0.3, 0.4) is 0 Å². The molecule has 4 heteroatoms. The third-order valence-corrected chi connectivity index (χ3v) is 4.86. The summed E-state index contributed by atoms with van der Waals surface area (Å²) in [6.45, 7) is 0. The topological polar surface area (TPSA) is 12.0 Å². The van der Waals surface area contributed by atoms with Crippen LogP contribution in [-0.4, -0.2) is 4.99 Å². The highest BCUT2D eigenvalue weighted by atomic mass is 35.5. The summed E-state index contributed by atoms with van der Waals surface area (Å²) < 4.78 is 0. The molecule has 0 bridgehead atoms. The molecule has 0 amide bonds. The molecule has 2 aromatic rings. The van der Waals surface area contributed by atoms with Gasteiger partial charge in [0.1, 0.15) is 0 Å². The molecule has 3 rings (SSSR count). The van der Waals surface area contributed by atoms with Gasteiger partial charge in [0.2, 0.25) is 0 Å². The summed E-state index contributed by atoms with van der Waals surface area (Å²) >= 11 is 13.2. The smallest absolute Gasteiger partial charge is 0.0978 e. The predicted molar refractivity (Wildman–Crippen MR) is 82.7 cm³/mol. The number of thiocarbonyl (C=S) groups is 1. The molecule has 2 aromatic carbocycles. The molecule has 18 heavy (non-hydrogen) atoms. The first-order chi connectivity index (χ1) is 8.74. The van der Waals surface area contributed by atoms with Crippen LogP contribution in [0.4, 0.5) is 5.69 Å². The van der Waals surface area contributed by atoms with E-state index in [1.54, 1.807) is 11.8 Å². The van der Waals surface area contributed by atoms with Crippen molar-refractivity contribution in [2.24, 2.45) is 0 Å². The Morgan fingerprint density at radius 2 is 1.89 bits per heavy atom. The van der Waals surface area contributed by atoms with E-state index in [9.17, 15) is 0 Å². The lowest BCUT2D eigenvalue weighted by atomic mass is 10.1. The fourth-order valence-electron chi connectivity index (χ4n) is 1.93. The summed E-state index contributed by atoms with van der Waals surface area (Å²) in [5, 5.41) is 4.18. The van der Waals surface area contributed by atoms with Gasteiger partial charge in [-0.15, -0.1) is 11.8 Å². The molecule has 0 fully saturated rings. The molecule has 0 spiro atoms. The standard InChI is InChI=1S/C14H10ClNS2/c15-10-6-7-12-11(8-10)16-14(17)13(18-12)9-4-2-1-3-5-9/h1-8,13H,(H,16,17). The fourth-order valence-corrected chi connectivity index (χ4v) is 3.59. The molecule has 90 valence electrons. The van der Waals surface area contributed by atoms with Crippen molar-refractivity contribution in [3.05, 3.63) is 59.1 Å². The Kier molecular flexibility index (Phi) is 3.29. The van der Waals surface area contributed by atoms with Crippen molar-refractivity contribution in [1.82, 2.24) is 0 Å². The minimum atomic E-state index is 0.176. The van der Waals surface area contributed by atoms with Gasteiger partial charge in [0.05, 0.1) is 15.9 Å². The van der Waals surface area contributed by atoms with Gasteiger partial charge < -0.3 is 5.32 Å². The summed E-state index contributed by atoms with van der Waals surface area (Å²) in [6.07, 6.45) is 0. The van der Waals surface area contributed by atoms with Crippen molar-refractivity contribution in [3.8, 4) is 0 Å². The van der Waals surface area contributed by atoms with E-state index in [1.165, 1.54) is 10.5 Å². The molecule has 1 N–H and O–H groups in total. The van der Waals surface area contributed by atoms with Gasteiger partial charge >= 0.3 is 0 Å². The normalized spacial score (nSPS) is 18.1. The zero-order valence-electron chi connectivity index (χ0n) is 9.39. The van der Waals surface area contributed by atoms with Gasteiger partial charge in [-0.1, -0.05) is 54.2 Å². The van der Waals surface area contributed by atoms with Gasteiger partial charge in [-0.3, -0.25) is 0 Å². The molecule has 1 nitrogen and oxygen atoms in total. The number of anilines is 1. The molecular formula is C14H10ClNS2. The summed E-state index contributed by atoms with van der Waals surface area (Å²) in [5.74, 6) is 0. The van der Waals surface area contributed by atoms with Crippen LogP contribution >= 0.6 is 35.6 Å². The minimum absolute atomic E-state index is 0.176. The highest BCUT2D eigenvalue weighted by Crippen LogP contribution is 2.44. The number of rotatable bonds is 1. The average molecular weight is 292 g/mol. The molecule has 0 aromatic heterocycles. The molecular weight excluding hydrogens is 282 g/mol. The second-order valence-electron chi connectivity index (χ2n) is 4.04. The van der Waals surface area contributed by atoms with Crippen molar-refractivity contribution >= 4 is 46.3 Å². The van der Waals surface area contributed by atoms with Gasteiger partial charge in [0, 0.05) is 9.92 Å². The lowest BCUT2D eigenvalue weighted by Gasteiger charge is -2.26. The molecule has 1 aliphatic heterocycles. The van der Waals surface area contributed by atoms with Crippen LogP contribution in [0.15, 0.2) is 53.4 Å². The van der Waals surface area contributed by atoms with Crippen LogP contribution in [0.1, 0.15) is 10.8 Å². The Balaban J connectivity index is 1.97. The highest BCUT2D eigenvalue weighted by Gasteiger charge is 2.25. The van der Waals surface area contributed by atoms with E-state index in [0.29, 0.717) is 0 Å². The Morgan fingerprint density at radius 1 is 1.11 bits per heavy atom. The highest BCUT2D eigenvalue weighted by molar-refractivity contribution is 8.01. The second kappa shape index (κ2) is 4.92. The van der Waals surface area contributed by atoms with Crippen LogP contribution < -0.4 is 5.32 Å². The zero-order valence-corrected chi connectivity index (χ0v) is 11.8. The van der Waals surface area contributed by atoms with Crippen molar-refractivity contribution in [2.75, 3.05) is 5.32 Å². The third-order valence-electron chi connectivity index (χ3n) is 2.78. The van der Waals surface area contributed by atoms with E-state index in [-0.39, 0.29) is 5.25 Å². The number of halogens is 1. The zero-order chi connectivity index (χ0) is 12.5. The molecule has 0 radical (unpaired) electrons. The van der Waals surface area contributed by atoms with Crippen molar-refractivity contribution in [3.63, 3.8) is 0 Å². The largest absolute Gasteiger partial charge is 0.348 e. The maximum Gasteiger partial charge on any atom is 0.0978 e. The SMILES string of the molecule is S=C1Nc2cc(Cl)ccc2SC1c1ccccc1. The lowest BCUT2D eigenvalue weighted by Crippen LogP contribution is -2.21. The van der Waals surface area contributed by atoms with Crippen molar-refractivity contribution in [1.29, 1.82) is 0 Å². The first kappa shape index (κ1) is 12.0. The third kappa shape index (κ3) is 2.26. The maximum atomic E-state index is 5.99. The molecule has 0 saturated carbocycles. The molecule has 1 aliphatic rings. The van der Waals surface area contributed by atoms with Crippen LogP contribution in [0.5, 0.6) is 0 Å². The van der Waals surface area contributed by atoms with Crippen LogP contribution in [0.25, 0.3) is 0 Å². The number of hydrogen-bond donors (Lipinski definition) is 1. The van der Waals surface area contributed by atoms with Gasteiger partial charge in [-0.05, 0) is 23.8 Å². The van der Waals surface area contributed by atoms with Gasteiger partial charge in [-0.25, -0.2) is 0 Å².